The SMILES string of the molecule is CNC(=O)CCNC(=O)NC(CCO)C(=O)O. The zero-order valence-corrected chi connectivity index (χ0v) is 9.52. The molecule has 0 heterocycles. The molecular weight excluding hydrogens is 230 g/mol. The van der Waals surface area contributed by atoms with Gasteiger partial charge in [-0.2, -0.15) is 0 Å². The van der Waals surface area contributed by atoms with Gasteiger partial charge in [-0.1, -0.05) is 0 Å². The fraction of sp³-hybridized carbons (Fsp3) is 0.667. The van der Waals surface area contributed by atoms with Crippen LogP contribution in [0.2, 0.25) is 0 Å². The van der Waals surface area contributed by atoms with Crippen molar-refractivity contribution in [3.05, 3.63) is 0 Å². The minimum atomic E-state index is -1.22. The van der Waals surface area contributed by atoms with E-state index in [2.05, 4.69) is 16.0 Å². The molecule has 0 aliphatic rings. The van der Waals surface area contributed by atoms with Crippen LogP contribution in [0.4, 0.5) is 4.79 Å². The van der Waals surface area contributed by atoms with Crippen LogP contribution in [0.1, 0.15) is 12.8 Å². The maximum absolute atomic E-state index is 11.2. The molecule has 8 heteroatoms. The second-order valence-corrected chi connectivity index (χ2v) is 3.23. The average molecular weight is 247 g/mol. The molecule has 1 unspecified atom stereocenters. The lowest BCUT2D eigenvalue weighted by Crippen LogP contribution is -2.47. The standard InChI is InChI=1S/C9H17N3O5/c1-10-7(14)2-4-11-9(17)12-6(3-5-13)8(15)16/h6,13H,2-5H2,1H3,(H,10,14)(H,15,16)(H2,11,12,17). The number of carboxylic acids is 1. The van der Waals surface area contributed by atoms with E-state index < -0.39 is 18.0 Å². The number of aliphatic hydroxyl groups excluding tert-OH is 1. The first-order chi connectivity index (χ1) is 8.01. The molecule has 3 amide bonds. The Labute approximate surface area is 98.4 Å². The Hall–Kier alpha value is -1.83. The van der Waals surface area contributed by atoms with Crippen molar-refractivity contribution < 1.29 is 24.6 Å². The summed E-state index contributed by atoms with van der Waals surface area (Å²) in [6.45, 7) is -0.230. The predicted octanol–water partition coefficient (Wildman–Crippen LogP) is -1.74. The molecule has 1 atom stereocenters. The first-order valence-electron chi connectivity index (χ1n) is 5.09. The molecule has 0 aromatic rings. The minimum absolute atomic E-state index is 0.0712. The highest BCUT2D eigenvalue weighted by atomic mass is 16.4. The normalized spacial score (nSPS) is 11.4. The summed E-state index contributed by atoms with van der Waals surface area (Å²) in [7, 11) is 1.48. The Kier molecular flexibility index (Phi) is 7.44. The molecule has 0 saturated heterocycles. The highest BCUT2D eigenvalue weighted by molar-refractivity contribution is 5.83. The number of carbonyl (C=O) groups is 3. The second-order valence-electron chi connectivity index (χ2n) is 3.23. The summed E-state index contributed by atoms with van der Waals surface area (Å²) in [4.78, 5) is 32.7. The smallest absolute Gasteiger partial charge is 0.326 e. The van der Waals surface area contributed by atoms with E-state index in [1.54, 1.807) is 0 Å². The van der Waals surface area contributed by atoms with E-state index in [0.717, 1.165) is 0 Å². The van der Waals surface area contributed by atoms with Gasteiger partial charge in [0.15, 0.2) is 0 Å². The van der Waals surface area contributed by atoms with Crippen molar-refractivity contribution >= 4 is 17.9 Å². The van der Waals surface area contributed by atoms with E-state index in [1.807, 2.05) is 0 Å². The molecule has 0 rings (SSSR count). The number of carbonyl (C=O) groups excluding carboxylic acids is 2. The summed E-state index contributed by atoms with van der Waals surface area (Å²) in [5, 5.41) is 24.2. The van der Waals surface area contributed by atoms with Gasteiger partial charge in [-0.15, -0.1) is 0 Å². The molecule has 0 fully saturated rings. The second kappa shape index (κ2) is 8.34. The van der Waals surface area contributed by atoms with Crippen LogP contribution < -0.4 is 16.0 Å². The summed E-state index contributed by atoms with van der Waals surface area (Å²) in [6, 6.07) is -1.82. The molecule has 0 aromatic carbocycles. The van der Waals surface area contributed by atoms with Gasteiger partial charge < -0.3 is 26.2 Å². The molecule has 8 nitrogen and oxygen atoms in total. The van der Waals surface area contributed by atoms with E-state index in [0.29, 0.717) is 0 Å². The average Bonchev–Trinajstić information content (AvgIpc) is 2.28. The first kappa shape index (κ1) is 15.2. The summed E-state index contributed by atoms with van der Waals surface area (Å²) in [5.41, 5.74) is 0. The largest absolute Gasteiger partial charge is 0.480 e. The molecular formula is C9H17N3O5. The first-order valence-corrected chi connectivity index (χ1v) is 5.09. The Balaban J connectivity index is 3.90. The zero-order valence-electron chi connectivity index (χ0n) is 9.52. The number of aliphatic carboxylic acids is 1. The molecule has 0 aliphatic heterocycles. The van der Waals surface area contributed by atoms with Crippen LogP contribution in [0, 0.1) is 0 Å². The summed E-state index contributed by atoms with van der Waals surface area (Å²) >= 11 is 0. The molecule has 17 heavy (non-hydrogen) atoms. The number of hydrogen-bond donors (Lipinski definition) is 5. The van der Waals surface area contributed by atoms with Gasteiger partial charge in [0, 0.05) is 33.0 Å². The van der Waals surface area contributed by atoms with Gasteiger partial charge in [-0.05, 0) is 0 Å². The number of amides is 3. The molecule has 98 valence electrons. The van der Waals surface area contributed by atoms with Crippen LogP contribution in [-0.2, 0) is 9.59 Å². The van der Waals surface area contributed by atoms with Gasteiger partial charge in [-0.25, -0.2) is 9.59 Å². The quantitative estimate of drug-likeness (QED) is 0.365. The molecule has 0 aliphatic carbocycles. The van der Waals surface area contributed by atoms with Crippen LogP contribution in [0.25, 0.3) is 0 Å². The lowest BCUT2D eigenvalue weighted by Gasteiger charge is -2.13. The number of urea groups is 1. The topological polar surface area (TPSA) is 128 Å². The third-order valence-electron chi connectivity index (χ3n) is 1.94. The number of carboxylic acid groups (broad SMARTS) is 1. The van der Waals surface area contributed by atoms with Gasteiger partial charge in [-0.3, -0.25) is 4.79 Å². The van der Waals surface area contributed by atoms with E-state index in [4.69, 9.17) is 10.2 Å². The van der Waals surface area contributed by atoms with E-state index in [1.165, 1.54) is 7.05 Å². The fourth-order valence-corrected chi connectivity index (χ4v) is 1.01. The van der Waals surface area contributed by atoms with E-state index in [-0.39, 0.29) is 31.9 Å². The van der Waals surface area contributed by atoms with Gasteiger partial charge in [0.25, 0.3) is 0 Å². The predicted molar refractivity (Wildman–Crippen MR) is 58.3 cm³/mol. The number of rotatable bonds is 7. The zero-order chi connectivity index (χ0) is 13.3. The summed E-state index contributed by atoms with van der Waals surface area (Å²) in [5.74, 6) is -1.45. The third-order valence-corrected chi connectivity index (χ3v) is 1.94. The number of hydrogen-bond acceptors (Lipinski definition) is 4. The van der Waals surface area contributed by atoms with Gasteiger partial charge in [0.2, 0.25) is 5.91 Å². The van der Waals surface area contributed by atoms with Crippen LogP contribution in [0.5, 0.6) is 0 Å². The van der Waals surface area contributed by atoms with E-state index in [9.17, 15) is 14.4 Å². The van der Waals surface area contributed by atoms with Crippen molar-refractivity contribution in [2.75, 3.05) is 20.2 Å². The van der Waals surface area contributed by atoms with Gasteiger partial charge in [0.05, 0.1) is 0 Å². The van der Waals surface area contributed by atoms with Crippen molar-refractivity contribution in [2.45, 2.75) is 18.9 Å². The molecule has 5 N–H and O–H groups in total. The Bertz CT molecular complexity index is 282. The van der Waals surface area contributed by atoms with Gasteiger partial charge >= 0.3 is 12.0 Å². The molecule has 0 bridgehead atoms. The monoisotopic (exact) mass is 247 g/mol. The summed E-state index contributed by atoms with van der Waals surface area (Å²) < 4.78 is 0. The van der Waals surface area contributed by atoms with Crippen molar-refractivity contribution in [3.8, 4) is 0 Å². The maximum Gasteiger partial charge on any atom is 0.326 e. The number of nitrogens with one attached hydrogen (secondary N) is 3. The molecule has 0 aromatic heterocycles. The van der Waals surface area contributed by atoms with Gasteiger partial charge in [0.1, 0.15) is 6.04 Å². The lowest BCUT2D eigenvalue weighted by molar-refractivity contribution is -0.139. The van der Waals surface area contributed by atoms with Crippen LogP contribution in [-0.4, -0.2) is 54.4 Å². The fourth-order valence-electron chi connectivity index (χ4n) is 1.01. The highest BCUT2D eigenvalue weighted by Crippen LogP contribution is 1.91. The Morgan fingerprint density at radius 2 is 1.94 bits per heavy atom. The van der Waals surface area contributed by atoms with Crippen molar-refractivity contribution in [2.24, 2.45) is 0 Å². The number of aliphatic hydroxyl groups is 1. The molecule has 0 spiro atoms. The summed E-state index contributed by atoms with van der Waals surface area (Å²) in [6.07, 6.45) is 0.0415. The van der Waals surface area contributed by atoms with Crippen LogP contribution in [0.15, 0.2) is 0 Å². The van der Waals surface area contributed by atoms with Crippen molar-refractivity contribution in [1.29, 1.82) is 0 Å². The molecule has 0 radical (unpaired) electrons. The minimum Gasteiger partial charge on any atom is -0.480 e. The Morgan fingerprint density at radius 3 is 2.41 bits per heavy atom. The highest BCUT2D eigenvalue weighted by Gasteiger charge is 2.18. The van der Waals surface area contributed by atoms with Crippen LogP contribution >= 0.6 is 0 Å². The van der Waals surface area contributed by atoms with Crippen LogP contribution in [0.3, 0.4) is 0 Å². The van der Waals surface area contributed by atoms with Crippen molar-refractivity contribution in [3.63, 3.8) is 0 Å². The van der Waals surface area contributed by atoms with E-state index >= 15 is 0 Å². The molecule has 0 saturated carbocycles. The maximum atomic E-state index is 11.2. The Morgan fingerprint density at radius 1 is 1.29 bits per heavy atom. The van der Waals surface area contributed by atoms with Crippen molar-refractivity contribution in [1.82, 2.24) is 16.0 Å². The third kappa shape index (κ3) is 7.12. The lowest BCUT2D eigenvalue weighted by atomic mass is 10.2.